The molecule has 2 aromatic rings. The Kier molecular flexibility index (Phi) is 4.04. The van der Waals surface area contributed by atoms with Gasteiger partial charge in [0, 0.05) is 16.7 Å². The highest BCUT2D eigenvalue weighted by Gasteiger charge is 2.04. The number of hydrogen-bond acceptors (Lipinski definition) is 2. The summed E-state index contributed by atoms with van der Waals surface area (Å²) in [4.78, 5) is 0.648. The lowest BCUT2D eigenvalue weighted by Crippen LogP contribution is -1.87. The first-order valence-corrected chi connectivity index (χ1v) is 6.28. The van der Waals surface area contributed by atoms with Gasteiger partial charge in [0.05, 0.1) is 7.11 Å². The molecule has 0 aliphatic carbocycles. The van der Waals surface area contributed by atoms with Crippen LogP contribution in [0.3, 0.4) is 0 Å². The molecule has 0 aliphatic heterocycles. The molecule has 0 aromatic heterocycles. The first-order chi connectivity index (χ1) is 8.29. The van der Waals surface area contributed by atoms with Gasteiger partial charge in [-0.3, -0.25) is 0 Å². The molecule has 0 saturated carbocycles. The molecule has 3 heteroatoms. The summed E-state index contributed by atoms with van der Waals surface area (Å²) in [6.45, 7) is 0. The number of halogens is 1. The van der Waals surface area contributed by atoms with E-state index in [4.69, 9.17) is 4.74 Å². The second kappa shape index (κ2) is 5.73. The molecule has 0 radical (unpaired) electrons. The van der Waals surface area contributed by atoms with Crippen LogP contribution in [0.25, 0.3) is 0 Å². The standard InChI is InChI=1S/C14H13FOS/c1-16-12-7-8-14(13(15)9-12)17-10-11-5-3-2-4-6-11/h2-9H,10H2,1H3. The third-order valence-electron chi connectivity index (χ3n) is 2.38. The average molecular weight is 248 g/mol. The predicted molar refractivity (Wildman–Crippen MR) is 69.0 cm³/mol. The van der Waals surface area contributed by atoms with E-state index in [9.17, 15) is 4.39 Å². The Morgan fingerprint density at radius 2 is 1.88 bits per heavy atom. The minimum atomic E-state index is -0.231. The van der Waals surface area contributed by atoms with E-state index in [1.165, 1.54) is 30.5 Å². The summed E-state index contributed by atoms with van der Waals surface area (Å²) >= 11 is 1.49. The Balaban J connectivity index is 2.04. The first kappa shape index (κ1) is 12.0. The summed E-state index contributed by atoms with van der Waals surface area (Å²) in [6.07, 6.45) is 0. The van der Waals surface area contributed by atoms with Gasteiger partial charge in [-0.2, -0.15) is 0 Å². The molecule has 88 valence electrons. The van der Waals surface area contributed by atoms with Crippen LogP contribution in [0, 0.1) is 5.82 Å². The predicted octanol–water partition coefficient (Wildman–Crippen LogP) is 4.13. The number of thioether (sulfide) groups is 1. The first-order valence-electron chi connectivity index (χ1n) is 5.30. The van der Waals surface area contributed by atoms with Gasteiger partial charge in [0.15, 0.2) is 0 Å². The monoisotopic (exact) mass is 248 g/mol. The van der Waals surface area contributed by atoms with Crippen LogP contribution in [-0.2, 0) is 5.75 Å². The molecular weight excluding hydrogens is 235 g/mol. The van der Waals surface area contributed by atoms with Crippen molar-refractivity contribution in [2.75, 3.05) is 7.11 Å². The second-order valence-corrected chi connectivity index (χ2v) is 4.59. The van der Waals surface area contributed by atoms with Crippen LogP contribution in [0.5, 0.6) is 5.75 Å². The van der Waals surface area contributed by atoms with Gasteiger partial charge < -0.3 is 4.74 Å². The zero-order valence-electron chi connectivity index (χ0n) is 9.52. The van der Waals surface area contributed by atoms with Crippen molar-refractivity contribution in [2.24, 2.45) is 0 Å². The molecule has 0 aliphatic rings. The molecule has 0 heterocycles. The molecule has 0 spiro atoms. The topological polar surface area (TPSA) is 9.23 Å². The number of methoxy groups -OCH3 is 1. The quantitative estimate of drug-likeness (QED) is 0.752. The fourth-order valence-electron chi connectivity index (χ4n) is 1.46. The van der Waals surface area contributed by atoms with Crippen LogP contribution in [0.1, 0.15) is 5.56 Å². The Labute approximate surface area is 105 Å². The van der Waals surface area contributed by atoms with Gasteiger partial charge in [0.1, 0.15) is 11.6 Å². The molecule has 0 N–H and O–H groups in total. The normalized spacial score (nSPS) is 10.2. The molecular formula is C14H13FOS. The van der Waals surface area contributed by atoms with Crippen molar-refractivity contribution in [3.05, 3.63) is 59.9 Å². The number of rotatable bonds is 4. The molecule has 2 aromatic carbocycles. The summed E-state index contributed by atoms with van der Waals surface area (Å²) in [6, 6.07) is 15.0. The number of ether oxygens (including phenoxy) is 1. The maximum absolute atomic E-state index is 13.6. The number of benzene rings is 2. The highest BCUT2D eigenvalue weighted by molar-refractivity contribution is 7.98. The molecule has 17 heavy (non-hydrogen) atoms. The van der Waals surface area contributed by atoms with Gasteiger partial charge in [-0.1, -0.05) is 30.3 Å². The van der Waals surface area contributed by atoms with Crippen molar-refractivity contribution in [1.29, 1.82) is 0 Å². The lowest BCUT2D eigenvalue weighted by atomic mass is 10.2. The van der Waals surface area contributed by atoms with E-state index in [0.717, 1.165) is 5.75 Å². The van der Waals surface area contributed by atoms with Crippen LogP contribution in [0.2, 0.25) is 0 Å². The highest BCUT2D eigenvalue weighted by atomic mass is 32.2. The van der Waals surface area contributed by atoms with Crippen LogP contribution >= 0.6 is 11.8 Å². The van der Waals surface area contributed by atoms with Crippen LogP contribution < -0.4 is 4.74 Å². The largest absolute Gasteiger partial charge is 0.497 e. The average Bonchev–Trinajstić information content (AvgIpc) is 2.38. The lowest BCUT2D eigenvalue weighted by molar-refractivity contribution is 0.410. The fraction of sp³-hybridized carbons (Fsp3) is 0.143. The van der Waals surface area contributed by atoms with Crippen molar-refractivity contribution in [3.8, 4) is 5.75 Å². The summed E-state index contributed by atoms with van der Waals surface area (Å²) < 4.78 is 18.6. The summed E-state index contributed by atoms with van der Waals surface area (Å²) in [5.74, 6) is 1.08. The van der Waals surface area contributed by atoms with Gasteiger partial charge in [0.25, 0.3) is 0 Å². The van der Waals surface area contributed by atoms with Crippen LogP contribution in [-0.4, -0.2) is 7.11 Å². The van der Waals surface area contributed by atoms with Crippen LogP contribution in [0.4, 0.5) is 4.39 Å². The van der Waals surface area contributed by atoms with Crippen molar-refractivity contribution in [1.82, 2.24) is 0 Å². The molecule has 2 rings (SSSR count). The van der Waals surface area contributed by atoms with Gasteiger partial charge in [0.2, 0.25) is 0 Å². The van der Waals surface area contributed by atoms with E-state index in [1.807, 2.05) is 30.3 Å². The summed E-state index contributed by atoms with van der Waals surface area (Å²) in [5.41, 5.74) is 1.19. The third kappa shape index (κ3) is 3.24. The summed E-state index contributed by atoms with van der Waals surface area (Å²) in [5, 5.41) is 0. The molecule has 0 bridgehead atoms. The minimum absolute atomic E-state index is 0.231. The zero-order chi connectivity index (χ0) is 12.1. The molecule has 0 unspecified atom stereocenters. The zero-order valence-corrected chi connectivity index (χ0v) is 10.3. The maximum Gasteiger partial charge on any atom is 0.140 e. The van der Waals surface area contributed by atoms with Crippen molar-refractivity contribution in [3.63, 3.8) is 0 Å². The van der Waals surface area contributed by atoms with Gasteiger partial charge >= 0.3 is 0 Å². The van der Waals surface area contributed by atoms with Gasteiger partial charge in [-0.05, 0) is 17.7 Å². The Morgan fingerprint density at radius 1 is 1.12 bits per heavy atom. The van der Waals surface area contributed by atoms with E-state index in [0.29, 0.717) is 10.6 Å². The third-order valence-corrected chi connectivity index (χ3v) is 3.50. The molecule has 0 fully saturated rings. The smallest absolute Gasteiger partial charge is 0.140 e. The van der Waals surface area contributed by atoms with Crippen molar-refractivity contribution >= 4 is 11.8 Å². The van der Waals surface area contributed by atoms with E-state index >= 15 is 0 Å². The fourth-order valence-corrected chi connectivity index (χ4v) is 2.34. The highest BCUT2D eigenvalue weighted by Crippen LogP contribution is 2.27. The van der Waals surface area contributed by atoms with E-state index < -0.39 is 0 Å². The second-order valence-electron chi connectivity index (χ2n) is 3.57. The Morgan fingerprint density at radius 3 is 2.53 bits per heavy atom. The van der Waals surface area contributed by atoms with Crippen molar-refractivity contribution < 1.29 is 9.13 Å². The molecule has 0 atom stereocenters. The van der Waals surface area contributed by atoms with E-state index in [1.54, 1.807) is 12.1 Å². The minimum Gasteiger partial charge on any atom is -0.497 e. The maximum atomic E-state index is 13.6. The van der Waals surface area contributed by atoms with Gasteiger partial charge in [-0.25, -0.2) is 4.39 Å². The van der Waals surface area contributed by atoms with E-state index in [-0.39, 0.29) is 5.82 Å². The molecule has 1 nitrogen and oxygen atoms in total. The number of hydrogen-bond donors (Lipinski definition) is 0. The molecule has 0 amide bonds. The Hall–Kier alpha value is -1.48. The summed E-state index contributed by atoms with van der Waals surface area (Å²) in [7, 11) is 1.53. The Bertz CT molecular complexity index is 485. The van der Waals surface area contributed by atoms with Crippen molar-refractivity contribution in [2.45, 2.75) is 10.6 Å². The van der Waals surface area contributed by atoms with E-state index in [2.05, 4.69) is 0 Å². The van der Waals surface area contributed by atoms with Crippen LogP contribution in [0.15, 0.2) is 53.4 Å². The SMILES string of the molecule is COc1ccc(SCc2ccccc2)c(F)c1. The molecule has 0 saturated heterocycles. The van der Waals surface area contributed by atoms with Gasteiger partial charge in [-0.15, -0.1) is 11.8 Å². The lowest BCUT2D eigenvalue weighted by Gasteiger charge is -2.05.